The van der Waals surface area contributed by atoms with Gasteiger partial charge in [0.1, 0.15) is 6.10 Å². The van der Waals surface area contributed by atoms with E-state index in [-0.39, 0.29) is 12.0 Å². The topological polar surface area (TPSA) is 74.2 Å². The van der Waals surface area contributed by atoms with E-state index in [1.165, 1.54) is 0 Å². The van der Waals surface area contributed by atoms with Crippen molar-refractivity contribution in [2.24, 2.45) is 5.92 Å². The van der Waals surface area contributed by atoms with Gasteiger partial charge in [-0.15, -0.1) is 0 Å². The molecule has 1 aliphatic heterocycles. The summed E-state index contributed by atoms with van der Waals surface area (Å²) in [5.74, 6) is 1.04. The van der Waals surface area contributed by atoms with Crippen molar-refractivity contribution in [2.45, 2.75) is 32.3 Å². The van der Waals surface area contributed by atoms with E-state index in [0.29, 0.717) is 29.5 Å². The quantitative estimate of drug-likeness (QED) is 0.721. The van der Waals surface area contributed by atoms with Crippen LogP contribution in [0.5, 0.6) is 5.75 Å². The Kier molecular flexibility index (Phi) is 4.15. The largest absolute Gasteiger partial charge is 0.487 e. The summed E-state index contributed by atoms with van der Waals surface area (Å²) >= 11 is 0. The first-order valence-corrected chi connectivity index (χ1v) is 9.07. The first-order valence-electron chi connectivity index (χ1n) is 9.07. The van der Waals surface area contributed by atoms with E-state index < -0.39 is 0 Å². The number of carbonyl (C=O) groups excluding carboxylic acids is 1. The first-order chi connectivity index (χ1) is 12.6. The van der Waals surface area contributed by atoms with E-state index >= 15 is 0 Å². The van der Waals surface area contributed by atoms with Gasteiger partial charge in [-0.1, -0.05) is 18.2 Å². The van der Waals surface area contributed by atoms with Crippen molar-refractivity contribution in [3.05, 3.63) is 42.0 Å². The minimum atomic E-state index is -0.182. The summed E-state index contributed by atoms with van der Waals surface area (Å²) in [6, 6.07) is 11.9. The maximum Gasteiger partial charge on any atom is 0.228 e. The number of ether oxygens (including phenoxy) is 1. The highest BCUT2D eigenvalue weighted by molar-refractivity contribution is 6.07. The lowest BCUT2D eigenvalue weighted by atomic mass is 9.96. The molecule has 2 aromatic rings. The predicted octanol–water partition coefficient (Wildman–Crippen LogP) is 4.28. The van der Waals surface area contributed by atoms with Crippen LogP contribution < -0.4 is 15.4 Å². The molecule has 26 heavy (non-hydrogen) atoms. The van der Waals surface area contributed by atoms with Gasteiger partial charge in [-0.05, 0) is 43.5 Å². The Morgan fingerprint density at radius 2 is 2.08 bits per heavy atom. The van der Waals surface area contributed by atoms with Gasteiger partial charge in [0.25, 0.3) is 0 Å². The molecular weight excluding hydrogens is 326 g/mol. The fraction of sp³-hybridized carbons (Fsp3) is 0.333. The Morgan fingerprint density at radius 3 is 2.81 bits per heavy atom. The van der Waals surface area contributed by atoms with Gasteiger partial charge < -0.3 is 20.8 Å². The molecule has 0 saturated heterocycles. The smallest absolute Gasteiger partial charge is 0.228 e. The van der Waals surface area contributed by atoms with E-state index in [4.69, 9.17) is 10.1 Å². The lowest BCUT2D eigenvalue weighted by molar-refractivity contribution is -0.117. The van der Waals surface area contributed by atoms with Crippen LogP contribution in [0.25, 0.3) is 11.1 Å². The van der Waals surface area contributed by atoms with Gasteiger partial charge in [0.15, 0.2) is 5.75 Å². The third kappa shape index (κ3) is 3.05. The number of amides is 1. The second-order valence-electron chi connectivity index (χ2n) is 7.06. The van der Waals surface area contributed by atoms with Gasteiger partial charge in [-0.3, -0.25) is 4.79 Å². The molecule has 1 fully saturated rings. The zero-order valence-corrected chi connectivity index (χ0v) is 15.1. The Bertz CT molecular complexity index is 887. The second-order valence-corrected chi connectivity index (χ2v) is 7.06. The predicted molar refractivity (Wildman–Crippen MR) is 104 cm³/mol. The second kappa shape index (κ2) is 6.48. The van der Waals surface area contributed by atoms with Crippen molar-refractivity contribution in [3.63, 3.8) is 0 Å². The molecule has 134 valence electrons. The van der Waals surface area contributed by atoms with Crippen molar-refractivity contribution in [1.82, 2.24) is 0 Å². The minimum Gasteiger partial charge on any atom is -0.487 e. The Labute approximate surface area is 153 Å². The van der Waals surface area contributed by atoms with Crippen LogP contribution in [0.15, 0.2) is 36.4 Å². The lowest BCUT2D eigenvalue weighted by Gasteiger charge is -2.17. The van der Waals surface area contributed by atoms with E-state index in [1.54, 1.807) is 0 Å². The Morgan fingerprint density at radius 1 is 1.27 bits per heavy atom. The van der Waals surface area contributed by atoms with Crippen LogP contribution in [-0.4, -0.2) is 24.8 Å². The van der Waals surface area contributed by atoms with Gasteiger partial charge in [-0.25, -0.2) is 0 Å². The maximum atomic E-state index is 12.0. The monoisotopic (exact) mass is 349 g/mol. The fourth-order valence-electron chi connectivity index (χ4n) is 3.44. The number of hydrogen-bond acceptors (Lipinski definition) is 4. The number of carbonyl (C=O) groups is 1. The van der Waals surface area contributed by atoms with Gasteiger partial charge >= 0.3 is 0 Å². The number of fused-ring (bicyclic) bond motifs is 1. The third-order valence-corrected chi connectivity index (χ3v) is 4.96. The molecule has 1 aliphatic carbocycles. The zero-order chi connectivity index (χ0) is 18.3. The van der Waals surface area contributed by atoms with Crippen LogP contribution in [0, 0.1) is 11.3 Å². The van der Waals surface area contributed by atoms with Gasteiger partial charge in [0.2, 0.25) is 5.91 Å². The highest BCUT2D eigenvalue weighted by Crippen LogP contribution is 2.41. The SMILES string of the molecule is CNc1ccc(-c2cccc3c2O[C@H](C)CC(=O)N3)cc1C(=N)C1CC1. The number of hydrogen-bond donors (Lipinski definition) is 3. The van der Waals surface area contributed by atoms with Crippen molar-refractivity contribution in [1.29, 1.82) is 5.41 Å². The molecule has 2 aliphatic rings. The summed E-state index contributed by atoms with van der Waals surface area (Å²) in [5.41, 5.74) is 5.23. The Hall–Kier alpha value is -2.82. The molecule has 0 radical (unpaired) electrons. The Balaban J connectivity index is 1.81. The van der Waals surface area contributed by atoms with Crippen molar-refractivity contribution < 1.29 is 9.53 Å². The van der Waals surface area contributed by atoms with Crippen LogP contribution in [0.3, 0.4) is 0 Å². The number of benzene rings is 2. The van der Waals surface area contributed by atoms with Crippen LogP contribution in [0.4, 0.5) is 11.4 Å². The molecule has 5 nitrogen and oxygen atoms in total. The van der Waals surface area contributed by atoms with Crippen molar-refractivity contribution in [2.75, 3.05) is 17.7 Å². The van der Waals surface area contributed by atoms with E-state index in [9.17, 15) is 4.79 Å². The number of anilines is 2. The molecule has 1 heterocycles. The molecule has 0 unspecified atom stereocenters. The van der Waals surface area contributed by atoms with Gasteiger partial charge in [0.05, 0.1) is 12.1 Å². The molecule has 5 heteroatoms. The summed E-state index contributed by atoms with van der Waals surface area (Å²) in [6.45, 7) is 1.91. The van der Waals surface area contributed by atoms with Crippen LogP contribution in [0.1, 0.15) is 31.7 Å². The molecular formula is C21H23N3O2. The number of para-hydroxylation sites is 1. The normalized spacial score (nSPS) is 19.0. The minimum absolute atomic E-state index is 0.0323. The molecule has 1 amide bonds. The fourth-order valence-corrected chi connectivity index (χ4v) is 3.44. The number of nitrogens with one attached hydrogen (secondary N) is 3. The van der Waals surface area contributed by atoms with Gasteiger partial charge in [-0.2, -0.15) is 0 Å². The molecule has 1 saturated carbocycles. The highest BCUT2D eigenvalue weighted by Gasteiger charge is 2.29. The lowest BCUT2D eigenvalue weighted by Crippen LogP contribution is -2.17. The van der Waals surface area contributed by atoms with E-state index in [0.717, 1.165) is 35.2 Å². The van der Waals surface area contributed by atoms with Crippen molar-refractivity contribution in [3.8, 4) is 16.9 Å². The van der Waals surface area contributed by atoms with Crippen molar-refractivity contribution >= 4 is 23.0 Å². The average molecular weight is 349 g/mol. The molecule has 0 bridgehead atoms. The number of rotatable bonds is 4. The molecule has 0 spiro atoms. The molecule has 1 atom stereocenters. The average Bonchev–Trinajstić information content (AvgIpc) is 3.47. The van der Waals surface area contributed by atoms with E-state index in [1.807, 2.05) is 44.3 Å². The van der Waals surface area contributed by atoms with E-state index in [2.05, 4.69) is 16.7 Å². The summed E-state index contributed by atoms with van der Waals surface area (Å²) in [7, 11) is 1.88. The maximum absolute atomic E-state index is 12.0. The molecule has 2 aromatic carbocycles. The summed E-state index contributed by atoms with van der Waals surface area (Å²) in [5, 5.41) is 14.6. The highest BCUT2D eigenvalue weighted by atomic mass is 16.5. The summed E-state index contributed by atoms with van der Waals surface area (Å²) in [4.78, 5) is 12.0. The van der Waals surface area contributed by atoms with Crippen LogP contribution >= 0.6 is 0 Å². The molecule has 0 aromatic heterocycles. The van der Waals surface area contributed by atoms with Crippen LogP contribution in [-0.2, 0) is 4.79 Å². The molecule has 3 N–H and O–H groups in total. The van der Waals surface area contributed by atoms with Gasteiger partial charge in [0, 0.05) is 35.5 Å². The van der Waals surface area contributed by atoms with Crippen LogP contribution in [0.2, 0.25) is 0 Å². The summed E-state index contributed by atoms with van der Waals surface area (Å²) < 4.78 is 6.08. The molecule has 4 rings (SSSR count). The first kappa shape index (κ1) is 16.6. The third-order valence-electron chi connectivity index (χ3n) is 4.96. The standard InChI is InChI=1S/C21H23N3O2/c1-12-10-19(25)24-18-5-3-4-15(21(18)26-12)14-8-9-17(23-2)16(11-14)20(22)13-6-7-13/h3-5,8-9,11-13,22-23H,6-7,10H2,1-2H3,(H,24,25)/t12-/m1/s1. The summed E-state index contributed by atoms with van der Waals surface area (Å²) in [6.07, 6.45) is 2.35. The zero-order valence-electron chi connectivity index (χ0n) is 15.1.